The van der Waals surface area contributed by atoms with E-state index in [0.29, 0.717) is 5.69 Å². The summed E-state index contributed by atoms with van der Waals surface area (Å²) in [7, 11) is 0. The first-order valence-electron chi connectivity index (χ1n) is 5.95. The zero-order valence-electron chi connectivity index (χ0n) is 10.7. The molecule has 112 valence electrons. The molecule has 2 N–H and O–H groups in total. The number of aromatic nitrogens is 1. The van der Waals surface area contributed by atoms with E-state index in [1.165, 1.54) is 18.2 Å². The summed E-state index contributed by atoms with van der Waals surface area (Å²) >= 11 is 0.955. The monoisotopic (exact) mass is 316 g/mol. The van der Waals surface area contributed by atoms with Crippen LogP contribution < -0.4 is 10.2 Å². The number of hydrogen-bond donors (Lipinski definition) is 2. The van der Waals surface area contributed by atoms with E-state index in [4.69, 9.17) is 0 Å². The number of aromatic amines is 1. The highest BCUT2D eigenvalue weighted by molar-refractivity contribution is 7.07. The van der Waals surface area contributed by atoms with Crippen LogP contribution in [-0.4, -0.2) is 10.9 Å². The molecule has 0 atom stereocenters. The molecule has 0 saturated heterocycles. The van der Waals surface area contributed by atoms with Gasteiger partial charge in [0, 0.05) is 11.1 Å². The molecule has 1 aromatic heterocycles. The maximum Gasteiger partial charge on any atom is 0.416 e. The van der Waals surface area contributed by atoms with Crippen LogP contribution >= 0.6 is 11.3 Å². The highest BCUT2D eigenvalue weighted by atomic mass is 32.1. The summed E-state index contributed by atoms with van der Waals surface area (Å²) in [4.78, 5) is 24.9. The Labute approximate surface area is 121 Å². The highest BCUT2D eigenvalue weighted by Crippen LogP contribution is 2.31. The predicted molar refractivity (Wildman–Crippen MR) is 71.9 cm³/mol. The third-order valence-electron chi connectivity index (χ3n) is 2.72. The van der Waals surface area contributed by atoms with Gasteiger partial charge in [-0.15, -0.1) is 0 Å². The first-order valence-corrected chi connectivity index (χ1v) is 6.82. The van der Waals surface area contributed by atoms with Crippen molar-refractivity contribution in [2.45, 2.75) is 19.1 Å². The zero-order chi connectivity index (χ0) is 15.5. The molecule has 0 aliphatic heterocycles. The third kappa shape index (κ3) is 4.19. The lowest BCUT2D eigenvalue weighted by molar-refractivity contribution is -0.138. The topological polar surface area (TPSA) is 62.0 Å². The minimum absolute atomic E-state index is 0.0752. The number of benzene rings is 1. The lowest BCUT2D eigenvalue weighted by atomic mass is 10.0. The van der Waals surface area contributed by atoms with Crippen LogP contribution in [0, 0.1) is 0 Å². The van der Waals surface area contributed by atoms with Crippen LogP contribution in [0.2, 0.25) is 0 Å². The van der Waals surface area contributed by atoms with Crippen molar-refractivity contribution in [2.24, 2.45) is 0 Å². The average molecular weight is 316 g/mol. The summed E-state index contributed by atoms with van der Waals surface area (Å²) in [6.07, 6.45) is -4.86. The molecule has 1 heterocycles. The van der Waals surface area contributed by atoms with Crippen LogP contribution in [0.1, 0.15) is 16.8 Å². The van der Waals surface area contributed by atoms with Crippen LogP contribution in [0.4, 0.5) is 13.2 Å². The van der Waals surface area contributed by atoms with E-state index >= 15 is 0 Å². The van der Waals surface area contributed by atoms with Gasteiger partial charge >= 0.3 is 11.0 Å². The highest BCUT2D eigenvalue weighted by Gasteiger charge is 2.33. The maximum atomic E-state index is 12.8. The molecule has 0 radical (unpaired) electrons. The van der Waals surface area contributed by atoms with Crippen LogP contribution in [0.15, 0.2) is 34.4 Å². The number of nitrogens with one attached hydrogen (secondary N) is 2. The van der Waals surface area contributed by atoms with Gasteiger partial charge in [0.1, 0.15) is 0 Å². The number of thiazole rings is 1. The minimum Gasteiger partial charge on any atom is -0.350 e. The van der Waals surface area contributed by atoms with Crippen molar-refractivity contribution in [3.63, 3.8) is 0 Å². The normalized spacial score (nSPS) is 11.4. The first-order chi connectivity index (χ1) is 9.86. The fraction of sp³-hybridized carbons (Fsp3) is 0.231. The quantitative estimate of drug-likeness (QED) is 0.909. The van der Waals surface area contributed by atoms with E-state index in [1.54, 1.807) is 5.38 Å². The van der Waals surface area contributed by atoms with E-state index < -0.39 is 17.6 Å². The molecular weight excluding hydrogens is 305 g/mol. The second-order valence-electron chi connectivity index (χ2n) is 4.28. The van der Waals surface area contributed by atoms with Crippen molar-refractivity contribution >= 4 is 17.2 Å². The molecule has 1 amide bonds. The zero-order valence-corrected chi connectivity index (χ0v) is 11.5. The van der Waals surface area contributed by atoms with Crippen molar-refractivity contribution in [3.8, 4) is 0 Å². The number of rotatable bonds is 4. The smallest absolute Gasteiger partial charge is 0.350 e. The molecule has 2 rings (SSSR count). The SMILES string of the molecule is O=C(Cc1ccccc1C(F)(F)F)NCc1csc(=O)[nH]1. The molecule has 4 nitrogen and oxygen atoms in total. The fourth-order valence-electron chi connectivity index (χ4n) is 1.78. The van der Waals surface area contributed by atoms with E-state index in [9.17, 15) is 22.8 Å². The third-order valence-corrected chi connectivity index (χ3v) is 3.44. The van der Waals surface area contributed by atoms with E-state index in [-0.39, 0.29) is 23.4 Å². The summed E-state index contributed by atoms with van der Waals surface area (Å²) in [5.41, 5.74) is -0.382. The molecule has 0 fully saturated rings. The van der Waals surface area contributed by atoms with Crippen LogP contribution in [0.5, 0.6) is 0 Å². The number of carbonyl (C=O) groups is 1. The van der Waals surface area contributed by atoms with Gasteiger partial charge in [-0.3, -0.25) is 9.59 Å². The summed E-state index contributed by atoms with van der Waals surface area (Å²) in [5.74, 6) is -0.543. The number of amides is 1. The van der Waals surface area contributed by atoms with E-state index in [1.807, 2.05) is 0 Å². The molecule has 1 aromatic carbocycles. The Hall–Kier alpha value is -2.09. The number of H-pyrrole nitrogens is 1. The van der Waals surface area contributed by atoms with Gasteiger partial charge < -0.3 is 10.3 Å². The lowest BCUT2D eigenvalue weighted by Crippen LogP contribution is -2.26. The van der Waals surface area contributed by atoms with Gasteiger partial charge in [-0.25, -0.2) is 0 Å². The molecule has 0 unspecified atom stereocenters. The fourth-order valence-corrected chi connectivity index (χ4v) is 2.36. The van der Waals surface area contributed by atoms with Crippen molar-refractivity contribution in [3.05, 3.63) is 56.1 Å². The van der Waals surface area contributed by atoms with Gasteiger partial charge in [-0.1, -0.05) is 29.5 Å². The standard InChI is InChI=1S/C13H11F3N2O2S/c14-13(15,16)10-4-2-1-3-8(10)5-11(19)17-6-9-7-21-12(20)18-9/h1-4,7H,5-6H2,(H,17,19)(H,18,20). The van der Waals surface area contributed by atoms with Gasteiger partial charge in [-0.2, -0.15) is 13.2 Å². The largest absolute Gasteiger partial charge is 0.416 e. The van der Waals surface area contributed by atoms with Crippen molar-refractivity contribution in [1.29, 1.82) is 0 Å². The van der Waals surface area contributed by atoms with Crippen molar-refractivity contribution in [1.82, 2.24) is 10.3 Å². The van der Waals surface area contributed by atoms with E-state index in [2.05, 4.69) is 10.3 Å². The molecule has 0 aliphatic carbocycles. The summed E-state index contributed by atoms with van der Waals surface area (Å²) in [6, 6.07) is 4.95. The predicted octanol–water partition coefficient (Wildman–Crippen LogP) is 2.31. The molecule has 0 spiro atoms. The average Bonchev–Trinajstić information content (AvgIpc) is 2.82. The van der Waals surface area contributed by atoms with Crippen molar-refractivity contribution < 1.29 is 18.0 Å². The minimum atomic E-state index is -4.49. The van der Waals surface area contributed by atoms with E-state index in [0.717, 1.165) is 17.4 Å². The first kappa shape index (κ1) is 15.3. The second-order valence-corrected chi connectivity index (χ2v) is 5.12. The molecule has 21 heavy (non-hydrogen) atoms. The summed E-state index contributed by atoms with van der Waals surface area (Å²) in [5, 5.41) is 4.02. The molecular formula is C13H11F3N2O2S. The number of carbonyl (C=O) groups excluding carboxylic acids is 1. The lowest BCUT2D eigenvalue weighted by Gasteiger charge is -2.12. The molecule has 8 heteroatoms. The molecule has 0 aliphatic rings. The summed E-state index contributed by atoms with van der Waals surface area (Å²) < 4.78 is 38.3. The van der Waals surface area contributed by atoms with Crippen LogP contribution in [-0.2, 0) is 23.9 Å². The Morgan fingerprint density at radius 1 is 1.29 bits per heavy atom. The van der Waals surface area contributed by atoms with Gasteiger partial charge in [0.25, 0.3) is 0 Å². The van der Waals surface area contributed by atoms with Crippen molar-refractivity contribution in [2.75, 3.05) is 0 Å². The van der Waals surface area contributed by atoms with Gasteiger partial charge in [-0.05, 0) is 11.6 Å². The Bertz CT molecular complexity index is 691. The Morgan fingerprint density at radius 3 is 2.62 bits per heavy atom. The second kappa shape index (κ2) is 6.13. The number of alkyl halides is 3. The Balaban J connectivity index is 2.01. The molecule has 0 saturated carbocycles. The summed E-state index contributed by atoms with van der Waals surface area (Å²) in [6.45, 7) is 0.0752. The number of halogens is 3. The number of hydrogen-bond acceptors (Lipinski definition) is 3. The van der Waals surface area contributed by atoms with Crippen LogP contribution in [0.25, 0.3) is 0 Å². The Morgan fingerprint density at radius 2 is 2.00 bits per heavy atom. The molecule has 0 bridgehead atoms. The maximum absolute atomic E-state index is 12.8. The van der Waals surface area contributed by atoms with Gasteiger partial charge in [0.05, 0.1) is 18.5 Å². The molecule has 2 aromatic rings. The van der Waals surface area contributed by atoms with Gasteiger partial charge in [0.2, 0.25) is 5.91 Å². The van der Waals surface area contributed by atoms with Crippen LogP contribution in [0.3, 0.4) is 0 Å². The van der Waals surface area contributed by atoms with Gasteiger partial charge in [0.15, 0.2) is 0 Å². The Kier molecular flexibility index (Phi) is 4.46.